The maximum absolute atomic E-state index is 11.3. The summed E-state index contributed by atoms with van der Waals surface area (Å²) in [6, 6.07) is 3.45. The average molecular weight is 266 g/mol. The predicted molar refractivity (Wildman–Crippen MR) is 65.6 cm³/mol. The number of hydrogen-bond donors (Lipinski definition) is 3. The molecule has 6 nitrogen and oxygen atoms in total. The molecule has 1 aliphatic heterocycles. The van der Waals surface area contributed by atoms with Crippen LogP contribution >= 0.6 is 11.3 Å². The first-order chi connectivity index (χ1) is 8.52. The van der Waals surface area contributed by atoms with Crippen molar-refractivity contribution in [2.24, 2.45) is 5.10 Å². The van der Waals surface area contributed by atoms with Crippen molar-refractivity contribution in [1.82, 2.24) is 5.43 Å². The summed E-state index contributed by atoms with van der Waals surface area (Å²) < 4.78 is 0. The van der Waals surface area contributed by atoms with E-state index in [4.69, 9.17) is 5.11 Å². The lowest BCUT2D eigenvalue weighted by Gasteiger charge is -2.22. The molecule has 1 aromatic heterocycles. The molecule has 0 spiro atoms. The fourth-order valence-electron chi connectivity index (χ4n) is 1.81. The summed E-state index contributed by atoms with van der Waals surface area (Å²) >= 11 is 1.30. The van der Waals surface area contributed by atoms with Gasteiger partial charge >= 0.3 is 11.9 Å². The van der Waals surface area contributed by atoms with Crippen molar-refractivity contribution < 1.29 is 19.8 Å². The first-order valence-electron chi connectivity index (χ1n) is 5.06. The van der Waals surface area contributed by atoms with Crippen LogP contribution in [0.1, 0.15) is 17.7 Å². The Balaban J connectivity index is 2.56. The second kappa shape index (κ2) is 4.61. The van der Waals surface area contributed by atoms with Crippen LogP contribution in [0.2, 0.25) is 0 Å². The number of carboxylic acid groups (broad SMARTS) is 2. The van der Waals surface area contributed by atoms with Crippen molar-refractivity contribution in [3.05, 3.63) is 33.7 Å². The Morgan fingerprint density at radius 3 is 2.61 bits per heavy atom. The Labute approximate surface area is 106 Å². The van der Waals surface area contributed by atoms with Crippen LogP contribution in [-0.2, 0) is 9.59 Å². The standard InChI is InChI=1S/C11H10N2O4S/c1-5-7(10(14)15)8(6-3-2-4-18-6)9(11(16)17)13-12-5/h2-4,8,12H,1H3,(H,14,15)(H,16,17). The highest BCUT2D eigenvalue weighted by atomic mass is 32.1. The second-order valence-corrected chi connectivity index (χ2v) is 4.69. The number of nitrogens with zero attached hydrogens (tertiary/aromatic N) is 1. The molecule has 0 aromatic carbocycles. The Hall–Kier alpha value is -2.15. The van der Waals surface area contributed by atoms with Gasteiger partial charge in [-0.15, -0.1) is 11.3 Å². The zero-order valence-electron chi connectivity index (χ0n) is 9.38. The third-order valence-corrected chi connectivity index (χ3v) is 3.52. The Bertz CT molecular complexity index is 560. The van der Waals surface area contributed by atoms with E-state index in [-0.39, 0.29) is 11.3 Å². The summed E-state index contributed by atoms with van der Waals surface area (Å²) in [6.07, 6.45) is 0. The van der Waals surface area contributed by atoms with Gasteiger partial charge in [0.05, 0.1) is 11.5 Å². The normalized spacial score (nSPS) is 19.2. The highest BCUT2D eigenvalue weighted by Crippen LogP contribution is 2.33. The molecular formula is C11H10N2O4S. The zero-order chi connectivity index (χ0) is 13.3. The van der Waals surface area contributed by atoms with Crippen LogP contribution in [0.25, 0.3) is 0 Å². The quantitative estimate of drug-likeness (QED) is 0.764. The summed E-state index contributed by atoms with van der Waals surface area (Å²) in [6.45, 7) is 1.56. The van der Waals surface area contributed by atoms with Gasteiger partial charge in [0.25, 0.3) is 0 Å². The third kappa shape index (κ3) is 2.00. The Kier molecular flexibility index (Phi) is 3.15. The molecule has 2 rings (SSSR count). The molecule has 0 bridgehead atoms. The van der Waals surface area contributed by atoms with Crippen molar-refractivity contribution >= 4 is 29.0 Å². The van der Waals surface area contributed by atoms with E-state index in [0.717, 1.165) is 0 Å². The summed E-state index contributed by atoms with van der Waals surface area (Å²) in [7, 11) is 0. The number of hydrogen-bond acceptors (Lipinski definition) is 5. The first-order valence-corrected chi connectivity index (χ1v) is 5.94. The van der Waals surface area contributed by atoms with Crippen LogP contribution < -0.4 is 5.43 Å². The van der Waals surface area contributed by atoms with Crippen LogP contribution in [0.15, 0.2) is 33.9 Å². The Morgan fingerprint density at radius 2 is 2.11 bits per heavy atom. The molecule has 0 fully saturated rings. The molecule has 2 heterocycles. The minimum atomic E-state index is -1.23. The van der Waals surface area contributed by atoms with Gasteiger partial charge in [-0.05, 0) is 18.4 Å². The van der Waals surface area contributed by atoms with E-state index in [1.54, 1.807) is 24.4 Å². The molecule has 1 unspecified atom stereocenters. The van der Waals surface area contributed by atoms with Gasteiger partial charge in [-0.2, -0.15) is 5.10 Å². The number of allylic oxidation sites excluding steroid dienone is 1. The molecular weight excluding hydrogens is 256 g/mol. The van der Waals surface area contributed by atoms with E-state index in [2.05, 4.69) is 10.5 Å². The largest absolute Gasteiger partial charge is 0.478 e. The molecule has 0 saturated carbocycles. The van der Waals surface area contributed by atoms with Gasteiger partial charge < -0.3 is 10.2 Å². The zero-order valence-corrected chi connectivity index (χ0v) is 10.2. The SMILES string of the molecule is CC1=C(C(=O)O)C(c2cccs2)C(C(=O)O)=NN1. The number of carboxylic acids is 2. The van der Waals surface area contributed by atoms with Gasteiger partial charge in [-0.1, -0.05) is 6.07 Å². The van der Waals surface area contributed by atoms with Crippen LogP contribution in [0.4, 0.5) is 0 Å². The van der Waals surface area contributed by atoms with E-state index in [1.807, 2.05) is 0 Å². The molecule has 7 heteroatoms. The first kappa shape index (κ1) is 12.3. The van der Waals surface area contributed by atoms with E-state index >= 15 is 0 Å². The van der Waals surface area contributed by atoms with Gasteiger partial charge in [0.15, 0.2) is 5.71 Å². The van der Waals surface area contributed by atoms with Gasteiger partial charge in [-0.3, -0.25) is 5.43 Å². The number of thiophene rings is 1. The molecule has 0 saturated heterocycles. The minimum absolute atomic E-state index is 0.0184. The molecule has 1 atom stereocenters. The number of aliphatic carboxylic acids is 2. The van der Waals surface area contributed by atoms with E-state index in [1.165, 1.54) is 11.3 Å². The van der Waals surface area contributed by atoms with Crippen molar-refractivity contribution in [3.63, 3.8) is 0 Å². The molecule has 94 valence electrons. The van der Waals surface area contributed by atoms with E-state index < -0.39 is 17.9 Å². The molecule has 0 amide bonds. The summed E-state index contributed by atoms with van der Waals surface area (Å²) in [4.78, 5) is 23.1. The molecule has 0 radical (unpaired) electrons. The maximum atomic E-state index is 11.3. The van der Waals surface area contributed by atoms with Crippen molar-refractivity contribution in [2.45, 2.75) is 12.8 Å². The van der Waals surface area contributed by atoms with Crippen molar-refractivity contribution in [3.8, 4) is 0 Å². The second-order valence-electron chi connectivity index (χ2n) is 3.71. The van der Waals surface area contributed by atoms with Crippen LogP contribution in [0.5, 0.6) is 0 Å². The fourth-order valence-corrected chi connectivity index (χ4v) is 2.65. The lowest BCUT2D eigenvalue weighted by molar-refractivity contribution is -0.132. The van der Waals surface area contributed by atoms with E-state index in [9.17, 15) is 14.7 Å². The predicted octanol–water partition coefficient (Wildman–Crippen LogP) is 1.23. The summed E-state index contributed by atoms with van der Waals surface area (Å²) in [5.74, 6) is -3.21. The lowest BCUT2D eigenvalue weighted by Crippen LogP contribution is -2.33. The number of hydrazone groups is 1. The average Bonchev–Trinajstić information content (AvgIpc) is 2.80. The summed E-state index contributed by atoms with van der Waals surface area (Å²) in [5.41, 5.74) is 2.61. The third-order valence-electron chi connectivity index (χ3n) is 2.59. The monoisotopic (exact) mass is 266 g/mol. The highest BCUT2D eigenvalue weighted by molar-refractivity contribution is 7.10. The van der Waals surface area contributed by atoms with E-state index in [0.29, 0.717) is 10.6 Å². The Morgan fingerprint density at radius 1 is 1.39 bits per heavy atom. The lowest BCUT2D eigenvalue weighted by atomic mass is 9.89. The highest BCUT2D eigenvalue weighted by Gasteiger charge is 2.36. The maximum Gasteiger partial charge on any atom is 0.353 e. The van der Waals surface area contributed by atoms with Crippen molar-refractivity contribution in [2.75, 3.05) is 0 Å². The van der Waals surface area contributed by atoms with Crippen molar-refractivity contribution in [1.29, 1.82) is 0 Å². The van der Waals surface area contributed by atoms with Gasteiger partial charge in [-0.25, -0.2) is 9.59 Å². The topological polar surface area (TPSA) is 99.0 Å². The summed E-state index contributed by atoms with van der Waals surface area (Å²) in [5, 5.41) is 23.8. The molecule has 18 heavy (non-hydrogen) atoms. The number of carbonyl (C=O) groups is 2. The van der Waals surface area contributed by atoms with Crippen LogP contribution in [-0.4, -0.2) is 27.9 Å². The minimum Gasteiger partial charge on any atom is -0.478 e. The van der Waals surface area contributed by atoms with Gasteiger partial charge in [0.1, 0.15) is 0 Å². The molecule has 3 N–H and O–H groups in total. The molecule has 1 aliphatic rings. The fraction of sp³-hybridized carbons (Fsp3) is 0.182. The number of rotatable bonds is 3. The van der Waals surface area contributed by atoms with Gasteiger partial charge in [0, 0.05) is 10.6 Å². The van der Waals surface area contributed by atoms with Crippen LogP contribution in [0, 0.1) is 0 Å². The van der Waals surface area contributed by atoms with Gasteiger partial charge in [0.2, 0.25) is 0 Å². The molecule has 1 aromatic rings. The smallest absolute Gasteiger partial charge is 0.353 e. The number of nitrogens with one attached hydrogen (secondary N) is 1. The molecule has 0 aliphatic carbocycles. The van der Waals surface area contributed by atoms with Crippen LogP contribution in [0.3, 0.4) is 0 Å².